The Morgan fingerprint density at radius 2 is 1.27 bits per heavy atom. The van der Waals surface area contributed by atoms with Crippen molar-refractivity contribution in [2.75, 3.05) is 0 Å². The van der Waals surface area contributed by atoms with Crippen molar-refractivity contribution < 1.29 is 40.2 Å². The summed E-state index contributed by atoms with van der Waals surface area (Å²) in [6, 6.07) is 0. The second-order valence-electron chi connectivity index (χ2n) is 2.47. The van der Waals surface area contributed by atoms with E-state index in [0.717, 1.165) is 0 Å². The molecule has 0 aliphatic heterocycles. The van der Waals surface area contributed by atoms with Crippen LogP contribution in [-0.2, 0) is 0 Å². The molecule has 2 atom stereocenters. The van der Waals surface area contributed by atoms with E-state index in [4.69, 9.17) is 5.11 Å². The predicted octanol–water partition coefficient (Wildman–Crippen LogP) is 2.91. The van der Waals surface area contributed by atoms with Crippen molar-refractivity contribution in [2.24, 2.45) is 0 Å². The van der Waals surface area contributed by atoms with Gasteiger partial charge in [-0.25, -0.2) is 13.2 Å². The Hall–Kier alpha value is 0.130. The van der Waals surface area contributed by atoms with E-state index < -0.39 is 28.3 Å². The van der Waals surface area contributed by atoms with Crippen molar-refractivity contribution in [1.29, 1.82) is 0 Å². The molecule has 92 valence electrons. The van der Waals surface area contributed by atoms with Crippen LogP contribution in [0.5, 0.6) is 0 Å². The topological polar surface area (TPSA) is 20.2 Å². The predicted molar refractivity (Wildman–Crippen MR) is 40.9 cm³/mol. The van der Waals surface area contributed by atoms with E-state index in [1.165, 1.54) is 0 Å². The molecule has 0 heterocycles. The third-order valence-electron chi connectivity index (χ3n) is 1.36. The van der Waals surface area contributed by atoms with Crippen LogP contribution in [0.3, 0.4) is 0 Å². The molecule has 0 aliphatic rings. The first-order chi connectivity index (χ1) is 6.35. The van der Waals surface area contributed by atoms with Gasteiger partial charge in [0.05, 0.1) is 0 Å². The van der Waals surface area contributed by atoms with Crippen LogP contribution in [0.4, 0.5) is 35.1 Å². The van der Waals surface area contributed by atoms with Gasteiger partial charge in [0, 0.05) is 22.6 Å². The third kappa shape index (κ3) is 2.63. The summed E-state index contributed by atoms with van der Waals surface area (Å²) < 4.78 is 91.7. The summed E-state index contributed by atoms with van der Waals surface area (Å²) in [4.78, 5) is 0. The van der Waals surface area contributed by atoms with Gasteiger partial charge in [0.1, 0.15) is 0 Å². The first-order valence-electron chi connectivity index (χ1n) is 3.13. The second kappa shape index (κ2) is 4.18. The fraction of sp³-hybridized carbons (Fsp3) is 1.00. The molecule has 0 spiro atoms. The molecule has 0 rings (SSSR count). The van der Waals surface area contributed by atoms with E-state index in [-0.39, 0.29) is 22.6 Å². The molecule has 0 fully saturated rings. The van der Waals surface area contributed by atoms with Crippen LogP contribution in [0.2, 0.25) is 0 Å². The van der Waals surface area contributed by atoms with Crippen LogP contribution in [-0.4, -0.2) is 33.4 Å². The Bertz CT molecular complexity index is 224. The molecule has 1 N–H and O–H groups in total. The Balaban J connectivity index is 5.19. The van der Waals surface area contributed by atoms with Gasteiger partial charge in [-0.05, 0) is 0 Å². The molecule has 0 aromatic heterocycles. The number of hydrogen-bond donors (Lipinski definition) is 1. The van der Waals surface area contributed by atoms with Crippen molar-refractivity contribution in [1.82, 2.24) is 0 Å². The van der Waals surface area contributed by atoms with Gasteiger partial charge < -0.3 is 5.11 Å². The Labute approximate surface area is 91.6 Å². The Morgan fingerprint density at radius 3 is 1.47 bits per heavy atom. The minimum Gasteiger partial charge on any atom is -0.349 e. The highest BCUT2D eigenvalue weighted by Crippen LogP contribution is 2.49. The zero-order valence-corrected chi connectivity index (χ0v) is 8.66. The number of halogens is 9. The monoisotopic (exact) mass is 358 g/mol. The van der Waals surface area contributed by atoms with E-state index in [1.54, 1.807) is 0 Å². The maximum Gasteiger partial charge on any atom is 0.379 e. The SMILES string of the molecule is OC(F)(I)C(F)(F)C(F)(F)C(F)C(F)F. The summed E-state index contributed by atoms with van der Waals surface area (Å²) >= 11 is -0.151. The van der Waals surface area contributed by atoms with Crippen molar-refractivity contribution in [3.8, 4) is 0 Å². The Kier molecular flexibility index (Phi) is 4.22. The lowest BCUT2D eigenvalue weighted by Gasteiger charge is -2.32. The standard InChI is InChI=1S/C5H3F8IO/c6-1(2(7)8)3(9,10)4(11,12)5(13,14)15/h1-2,15H. The molecule has 0 amide bonds. The molecule has 15 heavy (non-hydrogen) atoms. The molecule has 10 heteroatoms. The van der Waals surface area contributed by atoms with Crippen molar-refractivity contribution in [2.45, 2.75) is 28.3 Å². The van der Waals surface area contributed by atoms with Gasteiger partial charge >= 0.3 is 15.7 Å². The van der Waals surface area contributed by atoms with Gasteiger partial charge in [0.2, 0.25) is 6.17 Å². The highest BCUT2D eigenvalue weighted by Gasteiger charge is 2.74. The van der Waals surface area contributed by atoms with Gasteiger partial charge in [-0.1, -0.05) is 0 Å². The zero-order chi connectivity index (χ0) is 12.7. The van der Waals surface area contributed by atoms with Crippen LogP contribution in [0.1, 0.15) is 0 Å². The molecule has 0 bridgehead atoms. The molecule has 0 aliphatic carbocycles. The van der Waals surface area contributed by atoms with E-state index in [0.29, 0.717) is 0 Å². The number of aliphatic hydroxyl groups is 1. The lowest BCUT2D eigenvalue weighted by atomic mass is 10.1. The smallest absolute Gasteiger partial charge is 0.349 e. The number of rotatable bonds is 4. The molecule has 0 aromatic carbocycles. The molecular formula is C5H3F8IO. The summed E-state index contributed by atoms with van der Waals surface area (Å²) in [5.74, 6) is -12.0. The average Bonchev–Trinajstić information content (AvgIpc) is 2.00. The first kappa shape index (κ1) is 15.1. The van der Waals surface area contributed by atoms with Crippen LogP contribution < -0.4 is 0 Å². The molecule has 0 saturated heterocycles. The van der Waals surface area contributed by atoms with Gasteiger partial charge in [0.25, 0.3) is 6.43 Å². The Morgan fingerprint density at radius 1 is 0.933 bits per heavy atom. The minimum atomic E-state index is -6.02. The highest BCUT2D eigenvalue weighted by molar-refractivity contribution is 14.1. The van der Waals surface area contributed by atoms with Crippen LogP contribution in [0, 0.1) is 0 Å². The van der Waals surface area contributed by atoms with Gasteiger partial charge in [0.15, 0.2) is 0 Å². The highest BCUT2D eigenvalue weighted by atomic mass is 127. The zero-order valence-electron chi connectivity index (χ0n) is 6.50. The van der Waals surface area contributed by atoms with E-state index in [2.05, 4.69) is 0 Å². The van der Waals surface area contributed by atoms with Crippen molar-refractivity contribution >= 4 is 22.6 Å². The van der Waals surface area contributed by atoms with Crippen LogP contribution >= 0.6 is 22.6 Å². The third-order valence-corrected chi connectivity index (χ3v) is 2.04. The second-order valence-corrected chi connectivity index (χ2v) is 3.90. The first-order valence-corrected chi connectivity index (χ1v) is 4.21. The van der Waals surface area contributed by atoms with Gasteiger partial charge in [-0.2, -0.15) is 22.0 Å². The maximum atomic E-state index is 12.4. The normalized spacial score (nSPS) is 20.2. The largest absolute Gasteiger partial charge is 0.379 e. The van der Waals surface area contributed by atoms with E-state index in [1.807, 2.05) is 0 Å². The quantitative estimate of drug-likeness (QED) is 0.466. The van der Waals surface area contributed by atoms with Crippen molar-refractivity contribution in [3.63, 3.8) is 0 Å². The lowest BCUT2D eigenvalue weighted by molar-refractivity contribution is -0.317. The van der Waals surface area contributed by atoms with E-state index in [9.17, 15) is 35.1 Å². The average molecular weight is 358 g/mol. The molecule has 0 aromatic rings. The summed E-state index contributed by atoms with van der Waals surface area (Å²) in [5.41, 5.74) is 0. The summed E-state index contributed by atoms with van der Waals surface area (Å²) in [6.07, 6.45) is -9.01. The molecule has 0 radical (unpaired) electrons. The van der Waals surface area contributed by atoms with Gasteiger partial charge in [-0.3, -0.25) is 0 Å². The minimum absolute atomic E-state index is 0.151. The summed E-state index contributed by atoms with van der Waals surface area (Å²) in [7, 11) is 0. The van der Waals surface area contributed by atoms with E-state index >= 15 is 0 Å². The van der Waals surface area contributed by atoms with Crippen LogP contribution in [0.25, 0.3) is 0 Å². The van der Waals surface area contributed by atoms with Gasteiger partial charge in [-0.15, -0.1) is 0 Å². The van der Waals surface area contributed by atoms with Crippen molar-refractivity contribution in [3.05, 3.63) is 0 Å². The number of alkyl halides is 9. The molecular weight excluding hydrogens is 355 g/mol. The number of hydrogen-bond acceptors (Lipinski definition) is 1. The fourth-order valence-electron chi connectivity index (χ4n) is 0.532. The summed E-state index contributed by atoms with van der Waals surface area (Å²) in [6.45, 7) is 0. The molecule has 2 unspecified atom stereocenters. The molecule has 0 saturated carbocycles. The fourth-order valence-corrected chi connectivity index (χ4v) is 0.891. The lowest BCUT2D eigenvalue weighted by Crippen LogP contribution is -2.59. The molecule has 1 nitrogen and oxygen atoms in total. The van der Waals surface area contributed by atoms with Crippen LogP contribution in [0.15, 0.2) is 0 Å². The maximum absolute atomic E-state index is 12.4. The summed E-state index contributed by atoms with van der Waals surface area (Å²) in [5, 5.41) is 7.99.